The number of anilines is 3. The molecule has 0 unspecified atom stereocenters. The summed E-state index contributed by atoms with van der Waals surface area (Å²) < 4.78 is 10.8. The van der Waals surface area contributed by atoms with Gasteiger partial charge in [0.2, 0.25) is 5.91 Å². The van der Waals surface area contributed by atoms with Crippen LogP contribution in [0.2, 0.25) is 10.0 Å². The topological polar surface area (TPSA) is 71.1 Å². The lowest BCUT2D eigenvalue weighted by Gasteiger charge is -2.30. The van der Waals surface area contributed by atoms with E-state index < -0.39 is 0 Å². The minimum Gasteiger partial charge on any atom is -0.482 e. The van der Waals surface area contributed by atoms with Gasteiger partial charge in [0.1, 0.15) is 12.3 Å². The summed E-state index contributed by atoms with van der Waals surface area (Å²) in [6, 6.07) is 10.3. The summed E-state index contributed by atoms with van der Waals surface area (Å²) >= 11 is 12.4. The van der Waals surface area contributed by atoms with E-state index in [0.29, 0.717) is 40.4 Å². The predicted molar refractivity (Wildman–Crippen MR) is 112 cm³/mol. The molecule has 4 rings (SSSR count). The first-order valence-corrected chi connectivity index (χ1v) is 9.91. The van der Waals surface area contributed by atoms with Gasteiger partial charge >= 0.3 is 0 Å². The largest absolute Gasteiger partial charge is 0.482 e. The Hall–Kier alpha value is -2.48. The first-order valence-electron chi connectivity index (χ1n) is 9.16. The molecule has 29 heavy (non-hydrogen) atoms. The van der Waals surface area contributed by atoms with E-state index in [4.69, 9.17) is 32.7 Å². The van der Waals surface area contributed by atoms with E-state index in [1.165, 1.54) is 4.90 Å². The van der Waals surface area contributed by atoms with Crippen LogP contribution < -0.4 is 19.9 Å². The lowest BCUT2D eigenvalue weighted by molar-refractivity contribution is -0.123. The van der Waals surface area contributed by atoms with Gasteiger partial charge in [0, 0.05) is 23.8 Å². The molecule has 2 aromatic rings. The monoisotopic (exact) mass is 435 g/mol. The summed E-state index contributed by atoms with van der Waals surface area (Å²) in [5.41, 5.74) is 1.94. The maximum atomic E-state index is 12.6. The molecule has 0 saturated carbocycles. The number of morpholine rings is 1. The van der Waals surface area contributed by atoms with E-state index in [9.17, 15) is 9.59 Å². The Morgan fingerprint density at radius 3 is 2.62 bits per heavy atom. The molecule has 9 heteroatoms. The number of benzene rings is 2. The van der Waals surface area contributed by atoms with Crippen molar-refractivity contribution in [2.45, 2.75) is 0 Å². The number of nitrogens with zero attached hydrogens (tertiary/aromatic N) is 2. The summed E-state index contributed by atoms with van der Waals surface area (Å²) in [6.07, 6.45) is 0. The van der Waals surface area contributed by atoms with E-state index in [1.54, 1.807) is 30.3 Å². The van der Waals surface area contributed by atoms with Gasteiger partial charge in [-0.25, -0.2) is 0 Å². The molecule has 2 heterocycles. The molecule has 2 aliphatic rings. The summed E-state index contributed by atoms with van der Waals surface area (Å²) in [6.45, 7) is 2.58. The maximum Gasteiger partial charge on any atom is 0.265 e. The van der Waals surface area contributed by atoms with Crippen molar-refractivity contribution in [3.8, 4) is 5.75 Å². The Morgan fingerprint density at radius 2 is 1.86 bits per heavy atom. The van der Waals surface area contributed by atoms with Crippen molar-refractivity contribution in [1.29, 1.82) is 0 Å². The second kappa shape index (κ2) is 8.49. The van der Waals surface area contributed by atoms with Gasteiger partial charge in [-0.05, 0) is 36.4 Å². The minimum absolute atomic E-state index is 0.123. The highest BCUT2D eigenvalue weighted by Crippen LogP contribution is 2.34. The second-order valence-corrected chi connectivity index (χ2v) is 7.54. The number of fused-ring (bicyclic) bond motifs is 1. The number of ether oxygens (including phenoxy) is 2. The SMILES string of the molecule is O=C(CN1C(=O)COc2ccc(Cl)cc21)Nc1ccc(N2CCOCC2)c(Cl)c1. The molecule has 0 aromatic heterocycles. The van der Waals surface area contributed by atoms with Crippen LogP contribution in [0.5, 0.6) is 5.75 Å². The van der Waals surface area contributed by atoms with Crippen molar-refractivity contribution in [2.75, 3.05) is 54.6 Å². The van der Waals surface area contributed by atoms with Crippen molar-refractivity contribution >= 4 is 52.1 Å². The first-order chi connectivity index (χ1) is 14.0. The fourth-order valence-electron chi connectivity index (χ4n) is 3.34. The zero-order valence-corrected chi connectivity index (χ0v) is 17.0. The van der Waals surface area contributed by atoms with Gasteiger partial charge in [-0.2, -0.15) is 0 Å². The summed E-state index contributed by atoms with van der Waals surface area (Å²) in [4.78, 5) is 28.3. The number of halogens is 2. The molecule has 2 amide bonds. The number of hydrogen-bond donors (Lipinski definition) is 1. The quantitative estimate of drug-likeness (QED) is 0.798. The molecule has 0 atom stereocenters. The Labute approximate surface area is 178 Å². The highest BCUT2D eigenvalue weighted by molar-refractivity contribution is 6.33. The number of carbonyl (C=O) groups is 2. The van der Waals surface area contributed by atoms with Crippen molar-refractivity contribution in [2.24, 2.45) is 0 Å². The third-order valence-electron chi connectivity index (χ3n) is 4.75. The van der Waals surface area contributed by atoms with E-state index in [2.05, 4.69) is 10.2 Å². The molecular weight excluding hydrogens is 417 g/mol. The standard InChI is InChI=1S/C20H19Cl2N3O4/c21-13-1-4-18-17(9-13)25(20(27)12-29-18)11-19(26)23-14-2-3-16(15(22)10-14)24-5-7-28-8-6-24/h1-4,9-10H,5-8,11-12H2,(H,23,26). The van der Waals surface area contributed by atoms with Gasteiger partial charge in [-0.15, -0.1) is 0 Å². The van der Waals surface area contributed by atoms with Crippen molar-refractivity contribution in [3.63, 3.8) is 0 Å². The van der Waals surface area contributed by atoms with E-state index in [1.807, 2.05) is 6.07 Å². The van der Waals surface area contributed by atoms with E-state index in [0.717, 1.165) is 18.8 Å². The first kappa shape index (κ1) is 19.8. The van der Waals surface area contributed by atoms with Crippen LogP contribution in [-0.4, -0.2) is 51.3 Å². The zero-order chi connectivity index (χ0) is 20.4. The number of nitrogens with one attached hydrogen (secondary N) is 1. The molecule has 1 saturated heterocycles. The van der Waals surface area contributed by atoms with Crippen LogP contribution in [0.1, 0.15) is 0 Å². The van der Waals surface area contributed by atoms with Crippen molar-refractivity contribution < 1.29 is 19.1 Å². The number of hydrogen-bond acceptors (Lipinski definition) is 5. The zero-order valence-electron chi connectivity index (χ0n) is 15.5. The van der Waals surface area contributed by atoms with Crippen LogP contribution in [0.3, 0.4) is 0 Å². The fourth-order valence-corrected chi connectivity index (χ4v) is 3.80. The summed E-state index contributed by atoms with van der Waals surface area (Å²) in [5.74, 6) is -0.142. The lowest BCUT2D eigenvalue weighted by Crippen LogP contribution is -2.43. The van der Waals surface area contributed by atoms with Gasteiger partial charge in [-0.3, -0.25) is 14.5 Å². The average Bonchev–Trinajstić information content (AvgIpc) is 2.71. The van der Waals surface area contributed by atoms with Crippen molar-refractivity contribution in [3.05, 3.63) is 46.4 Å². The fraction of sp³-hybridized carbons (Fsp3) is 0.300. The van der Waals surface area contributed by atoms with E-state index >= 15 is 0 Å². The Bertz CT molecular complexity index is 947. The molecule has 1 N–H and O–H groups in total. The van der Waals surface area contributed by atoms with Crippen LogP contribution in [0.25, 0.3) is 0 Å². The van der Waals surface area contributed by atoms with Gasteiger partial charge in [0.05, 0.1) is 29.6 Å². The van der Waals surface area contributed by atoms with Gasteiger partial charge < -0.3 is 19.7 Å². The minimum atomic E-state index is -0.346. The van der Waals surface area contributed by atoms with Gasteiger partial charge in [-0.1, -0.05) is 23.2 Å². The Balaban J connectivity index is 1.45. The number of amides is 2. The predicted octanol–water partition coefficient (Wildman–Crippen LogP) is 3.19. The molecule has 152 valence electrons. The van der Waals surface area contributed by atoms with Crippen molar-refractivity contribution in [1.82, 2.24) is 0 Å². The molecule has 0 bridgehead atoms. The third-order valence-corrected chi connectivity index (χ3v) is 5.29. The average molecular weight is 436 g/mol. The molecule has 0 radical (unpaired) electrons. The highest BCUT2D eigenvalue weighted by Gasteiger charge is 2.27. The van der Waals surface area contributed by atoms with Gasteiger partial charge in [0.25, 0.3) is 5.91 Å². The van der Waals surface area contributed by atoms with Crippen LogP contribution >= 0.6 is 23.2 Å². The number of carbonyl (C=O) groups excluding carboxylic acids is 2. The van der Waals surface area contributed by atoms with Gasteiger partial charge in [0.15, 0.2) is 6.61 Å². The molecule has 0 aliphatic carbocycles. The lowest BCUT2D eigenvalue weighted by atomic mass is 10.2. The smallest absolute Gasteiger partial charge is 0.265 e. The third kappa shape index (κ3) is 4.42. The molecule has 7 nitrogen and oxygen atoms in total. The van der Waals surface area contributed by atoms with Crippen LogP contribution in [0.15, 0.2) is 36.4 Å². The molecule has 1 fully saturated rings. The number of rotatable bonds is 4. The van der Waals surface area contributed by atoms with Crippen LogP contribution in [-0.2, 0) is 14.3 Å². The Morgan fingerprint density at radius 1 is 1.07 bits per heavy atom. The van der Waals surface area contributed by atoms with E-state index in [-0.39, 0.29) is 25.0 Å². The molecular formula is C20H19Cl2N3O4. The second-order valence-electron chi connectivity index (χ2n) is 6.69. The van der Waals surface area contributed by atoms with Crippen LogP contribution in [0.4, 0.5) is 17.1 Å². The Kier molecular flexibility index (Phi) is 5.80. The normalized spacial score (nSPS) is 16.3. The summed E-state index contributed by atoms with van der Waals surface area (Å²) in [7, 11) is 0. The summed E-state index contributed by atoms with van der Waals surface area (Å²) in [5, 5.41) is 3.79. The van der Waals surface area contributed by atoms with Crippen LogP contribution in [0, 0.1) is 0 Å². The maximum absolute atomic E-state index is 12.6. The molecule has 2 aliphatic heterocycles. The molecule has 2 aromatic carbocycles. The molecule has 0 spiro atoms. The highest BCUT2D eigenvalue weighted by atomic mass is 35.5.